The van der Waals surface area contributed by atoms with Crippen molar-refractivity contribution in [2.45, 2.75) is 26.3 Å². The fourth-order valence-electron chi connectivity index (χ4n) is 2.76. The van der Waals surface area contributed by atoms with Crippen molar-refractivity contribution in [3.05, 3.63) is 101 Å². The van der Waals surface area contributed by atoms with Gasteiger partial charge in [0.15, 0.2) is 0 Å². The van der Waals surface area contributed by atoms with Gasteiger partial charge in [-0.2, -0.15) is 0 Å². The minimum absolute atomic E-state index is 0.169. The molecule has 0 saturated carbocycles. The predicted octanol–water partition coefficient (Wildman–Crippen LogP) is 4.49. The second kappa shape index (κ2) is 9.55. The van der Waals surface area contributed by atoms with Crippen LogP contribution in [0.5, 0.6) is 0 Å². The van der Waals surface area contributed by atoms with Gasteiger partial charge in [0.25, 0.3) is 11.8 Å². The molecule has 0 fully saturated rings. The third-order valence-corrected chi connectivity index (χ3v) is 4.45. The van der Waals surface area contributed by atoms with Gasteiger partial charge < -0.3 is 15.1 Å². The lowest BCUT2D eigenvalue weighted by molar-refractivity contribution is -0.118. The molecule has 1 heterocycles. The first-order valence-electron chi connectivity index (χ1n) is 9.51. The van der Waals surface area contributed by atoms with E-state index in [4.69, 9.17) is 4.42 Å². The summed E-state index contributed by atoms with van der Waals surface area (Å²) in [4.78, 5) is 25.3. The average Bonchev–Trinajstić information content (AvgIpc) is 3.26. The summed E-state index contributed by atoms with van der Waals surface area (Å²) < 4.78 is 5.25. The summed E-state index contributed by atoms with van der Waals surface area (Å²) in [6.07, 6.45) is 3.22. The molecule has 0 saturated heterocycles. The fraction of sp³-hybridized carbons (Fsp3) is 0.167. The first-order chi connectivity index (χ1) is 14.0. The van der Waals surface area contributed by atoms with E-state index in [9.17, 15) is 9.59 Å². The maximum Gasteiger partial charge on any atom is 0.268 e. The zero-order valence-electron chi connectivity index (χ0n) is 16.5. The Labute approximate surface area is 170 Å². The number of carbonyl (C=O) groups is 2. The highest BCUT2D eigenvalue weighted by molar-refractivity contribution is 6.05. The van der Waals surface area contributed by atoms with Gasteiger partial charge in [-0.25, -0.2) is 0 Å². The minimum atomic E-state index is -0.390. The van der Waals surface area contributed by atoms with Crippen molar-refractivity contribution in [1.82, 2.24) is 10.6 Å². The molecule has 3 aromatic rings. The highest BCUT2D eigenvalue weighted by atomic mass is 16.3. The van der Waals surface area contributed by atoms with E-state index < -0.39 is 5.91 Å². The Morgan fingerprint density at radius 1 is 0.966 bits per heavy atom. The number of amides is 2. The molecule has 2 amide bonds. The summed E-state index contributed by atoms with van der Waals surface area (Å²) in [6, 6.07) is 20.2. The van der Waals surface area contributed by atoms with Crippen LogP contribution < -0.4 is 10.6 Å². The van der Waals surface area contributed by atoms with Crippen LogP contribution in [-0.2, 0) is 11.3 Å². The van der Waals surface area contributed by atoms with Crippen molar-refractivity contribution in [3.63, 3.8) is 0 Å². The molecule has 29 heavy (non-hydrogen) atoms. The molecule has 0 aliphatic rings. The van der Waals surface area contributed by atoms with Crippen LogP contribution in [0.4, 0.5) is 0 Å². The molecular weight excluding hydrogens is 364 g/mol. The van der Waals surface area contributed by atoms with Crippen LogP contribution >= 0.6 is 0 Å². The molecule has 0 spiro atoms. The van der Waals surface area contributed by atoms with E-state index in [0.717, 1.165) is 5.56 Å². The van der Waals surface area contributed by atoms with E-state index in [2.05, 4.69) is 24.5 Å². The van der Waals surface area contributed by atoms with Crippen LogP contribution in [-0.4, -0.2) is 11.8 Å². The molecule has 0 aliphatic heterocycles. The van der Waals surface area contributed by atoms with Crippen molar-refractivity contribution in [3.8, 4) is 0 Å². The maximum absolute atomic E-state index is 12.7. The first-order valence-corrected chi connectivity index (χ1v) is 9.51. The molecule has 148 valence electrons. The minimum Gasteiger partial charge on any atom is -0.467 e. The summed E-state index contributed by atoms with van der Waals surface area (Å²) >= 11 is 0. The van der Waals surface area contributed by atoms with Gasteiger partial charge in [-0.1, -0.05) is 56.3 Å². The van der Waals surface area contributed by atoms with E-state index in [-0.39, 0.29) is 18.1 Å². The van der Waals surface area contributed by atoms with E-state index in [0.29, 0.717) is 17.2 Å². The maximum atomic E-state index is 12.7. The molecule has 0 aliphatic carbocycles. The van der Waals surface area contributed by atoms with Gasteiger partial charge >= 0.3 is 0 Å². The molecule has 1 aromatic heterocycles. The fourth-order valence-corrected chi connectivity index (χ4v) is 2.76. The largest absolute Gasteiger partial charge is 0.467 e. The molecule has 3 rings (SSSR count). The van der Waals surface area contributed by atoms with E-state index in [1.165, 1.54) is 5.56 Å². The number of benzene rings is 2. The number of hydrogen-bond donors (Lipinski definition) is 2. The SMILES string of the molecule is CC(C)c1ccc(C=C(NC(=O)c2ccccc2)C(=O)NCc2ccco2)cc1. The van der Waals surface area contributed by atoms with Crippen LogP contribution in [0.3, 0.4) is 0 Å². The molecule has 2 N–H and O–H groups in total. The third-order valence-electron chi connectivity index (χ3n) is 4.45. The van der Waals surface area contributed by atoms with Gasteiger partial charge in [0.05, 0.1) is 12.8 Å². The summed E-state index contributed by atoms with van der Waals surface area (Å²) in [5.74, 6) is 0.317. The van der Waals surface area contributed by atoms with Gasteiger partial charge in [-0.15, -0.1) is 0 Å². The second-order valence-electron chi connectivity index (χ2n) is 6.96. The number of rotatable bonds is 7. The van der Waals surface area contributed by atoms with Gasteiger partial charge in [0, 0.05) is 5.56 Å². The number of carbonyl (C=O) groups excluding carboxylic acids is 2. The molecule has 5 heteroatoms. The molecule has 0 atom stereocenters. The van der Waals surface area contributed by atoms with Crippen molar-refractivity contribution < 1.29 is 14.0 Å². The zero-order valence-corrected chi connectivity index (χ0v) is 16.5. The van der Waals surface area contributed by atoms with Crippen molar-refractivity contribution in [2.75, 3.05) is 0 Å². The van der Waals surface area contributed by atoms with Gasteiger partial charge in [0.2, 0.25) is 0 Å². The van der Waals surface area contributed by atoms with Crippen LogP contribution in [0.25, 0.3) is 6.08 Å². The number of hydrogen-bond acceptors (Lipinski definition) is 3. The highest BCUT2D eigenvalue weighted by Gasteiger charge is 2.15. The summed E-state index contributed by atoms with van der Waals surface area (Å²) in [7, 11) is 0. The van der Waals surface area contributed by atoms with Crippen molar-refractivity contribution in [1.29, 1.82) is 0 Å². The van der Waals surface area contributed by atoms with E-state index in [1.54, 1.807) is 48.7 Å². The van der Waals surface area contributed by atoms with Gasteiger partial charge in [0.1, 0.15) is 11.5 Å². The Hall–Kier alpha value is -3.60. The van der Waals surface area contributed by atoms with Crippen molar-refractivity contribution >= 4 is 17.9 Å². The lowest BCUT2D eigenvalue weighted by Crippen LogP contribution is -2.34. The normalized spacial score (nSPS) is 11.3. The quantitative estimate of drug-likeness (QED) is 0.586. The number of furan rings is 1. The molecule has 5 nitrogen and oxygen atoms in total. The Morgan fingerprint density at radius 2 is 1.69 bits per heavy atom. The Balaban J connectivity index is 1.81. The topological polar surface area (TPSA) is 71.3 Å². The Bertz CT molecular complexity index is 973. The lowest BCUT2D eigenvalue weighted by atomic mass is 10.0. The average molecular weight is 388 g/mol. The smallest absolute Gasteiger partial charge is 0.268 e. The predicted molar refractivity (Wildman–Crippen MR) is 113 cm³/mol. The summed E-state index contributed by atoms with van der Waals surface area (Å²) in [5.41, 5.74) is 2.68. The molecule has 0 radical (unpaired) electrons. The van der Waals surface area contributed by atoms with Crippen LogP contribution in [0.15, 0.2) is 83.1 Å². The molecule has 0 bridgehead atoms. The van der Waals surface area contributed by atoms with Crippen LogP contribution in [0.2, 0.25) is 0 Å². The Morgan fingerprint density at radius 3 is 2.31 bits per heavy atom. The van der Waals surface area contributed by atoms with Gasteiger partial charge in [-0.05, 0) is 47.4 Å². The van der Waals surface area contributed by atoms with Crippen molar-refractivity contribution in [2.24, 2.45) is 0 Å². The zero-order chi connectivity index (χ0) is 20.6. The van der Waals surface area contributed by atoms with Crippen LogP contribution in [0, 0.1) is 0 Å². The molecule has 2 aromatic carbocycles. The lowest BCUT2D eigenvalue weighted by Gasteiger charge is -2.11. The standard InChI is InChI=1S/C24H24N2O3/c1-17(2)19-12-10-18(11-13-19)15-22(24(28)25-16-21-9-6-14-29-21)26-23(27)20-7-4-3-5-8-20/h3-15,17H,16H2,1-2H3,(H,25,28)(H,26,27). The third kappa shape index (κ3) is 5.69. The summed E-state index contributed by atoms with van der Waals surface area (Å²) in [6.45, 7) is 4.48. The first kappa shape index (κ1) is 20.1. The molecular formula is C24H24N2O3. The van der Waals surface area contributed by atoms with Crippen LogP contribution in [0.1, 0.15) is 47.0 Å². The molecule has 0 unspecified atom stereocenters. The Kier molecular flexibility index (Phi) is 6.63. The van der Waals surface area contributed by atoms with E-state index in [1.807, 2.05) is 30.3 Å². The second-order valence-corrected chi connectivity index (χ2v) is 6.96. The highest BCUT2D eigenvalue weighted by Crippen LogP contribution is 2.16. The monoisotopic (exact) mass is 388 g/mol. The number of nitrogens with one attached hydrogen (secondary N) is 2. The van der Waals surface area contributed by atoms with E-state index >= 15 is 0 Å². The summed E-state index contributed by atoms with van der Waals surface area (Å²) in [5, 5.41) is 5.50. The van der Waals surface area contributed by atoms with Gasteiger partial charge in [-0.3, -0.25) is 9.59 Å².